The second kappa shape index (κ2) is 8.13. The minimum Gasteiger partial charge on any atom is -0.456 e. The predicted octanol–water partition coefficient (Wildman–Crippen LogP) is 2.79. The van der Waals surface area contributed by atoms with Crippen molar-refractivity contribution in [1.82, 2.24) is 15.0 Å². The minimum atomic E-state index is -4.50. The summed E-state index contributed by atoms with van der Waals surface area (Å²) in [5.74, 6) is -0.700. The number of aliphatic hydroxyl groups is 1. The van der Waals surface area contributed by atoms with Crippen LogP contribution in [0.2, 0.25) is 5.02 Å². The van der Waals surface area contributed by atoms with E-state index in [9.17, 15) is 23.1 Å². The van der Waals surface area contributed by atoms with Gasteiger partial charge in [-0.15, -0.1) is 0 Å². The van der Waals surface area contributed by atoms with Gasteiger partial charge < -0.3 is 29.6 Å². The molecule has 0 radical (unpaired) electrons. The molecule has 2 unspecified atom stereocenters. The summed E-state index contributed by atoms with van der Waals surface area (Å²) in [6.07, 6.45) is -6.58. The van der Waals surface area contributed by atoms with Crippen LogP contribution in [0.4, 0.5) is 19.0 Å². The number of amides is 1. The lowest BCUT2D eigenvalue weighted by atomic mass is 10.1. The number of ether oxygens (including phenoxy) is 3. The fourth-order valence-corrected chi connectivity index (χ4v) is 3.92. The molecule has 0 bridgehead atoms. The fraction of sp³-hybridized carbons (Fsp3) is 0.350. The third kappa shape index (κ3) is 4.22. The maximum absolute atomic E-state index is 12.7. The minimum absolute atomic E-state index is 0.00144. The molecule has 3 aromatic rings. The Morgan fingerprint density at radius 3 is 2.64 bits per heavy atom. The molecule has 2 saturated heterocycles. The normalized spacial score (nSPS) is 24.8. The number of nitrogens with one attached hydrogen (secondary N) is 2. The molecule has 13 heteroatoms. The number of H-pyrrole nitrogens is 1. The van der Waals surface area contributed by atoms with Crippen molar-refractivity contribution in [2.24, 2.45) is 0 Å². The number of pyridine rings is 1. The average Bonchev–Trinajstić information content (AvgIpc) is 3.45. The van der Waals surface area contributed by atoms with E-state index in [-0.39, 0.29) is 41.3 Å². The highest BCUT2D eigenvalue weighted by Crippen LogP contribution is 2.31. The van der Waals surface area contributed by atoms with Gasteiger partial charge in [0.05, 0.1) is 29.3 Å². The van der Waals surface area contributed by atoms with Crippen molar-refractivity contribution >= 4 is 34.5 Å². The summed E-state index contributed by atoms with van der Waals surface area (Å²) in [6, 6.07) is 5.35. The Morgan fingerprint density at radius 2 is 1.91 bits per heavy atom. The Balaban J connectivity index is 1.31. The van der Waals surface area contributed by atoms with E-state index in [1.54, 1.807) is 0 Å². The smallest absolute Gasteiger partial charge is 0.416 e. The van der Waals surface area contributed by atoms with Crippen LogP contribution in [0.15, 0.2) is 30.3 Å². The third-order valence-corrected chi connectivity index (χ3v) is 5.64. The van der Waals surface area contributed by atoms with Crippen LogP contribution >= 0.6 is 11.6 Å². The van der Waals surface area contributed by atoms with E-state index in [1.807, 2.05) is 0 Å². The molecule has 2 fully saturated rings. The summed E-state index contributed by atoms with van der Waals surface area (Å²) in [5, 5.41) is 12.4. The Bertz CT molecular complexity index is 1200. The summed E-state index contributed by atoms with van der Waals surface area (Å²) in [4.78, 5) is 23.8. The van der Waals surface area contributed by atoms with Crippen LogP contribution in [0.25, 0.3) is 11.2 Å². The van der Waals surface area contributed by atoms with E-state index in [4.69, 9.17) is 25.8 Å². The average molecular weight is 485 g/mol. The maximum Gasteiger partial charge on any atom is 0.416 e. The largest absolute Gasteiger partial charge is 0.456 e. The number of aromatic amines is 1. The van der Waals surface area contributed by atoms with Gasteiger partial charge in [-0.05, 0) is 30.3 Å². The quantitative estimate of drug-likeness (QED) is 0.521. The van der Waals surface area contributed by atoms with E-state index >= 15 is 0 Å². The standard InChI is InChI=1S/C20H16ClF3N4O5/c21-10-5-11-17(28-19(25-11)33-13-7-32-14-12(29)6-31-15(13)14)26-16(10)27-18(30)8-1-3-9(4-2-8)20(22,23)24/h1-5,12-15,29H,6-7H2,(H2,25,26,27,28,30)/t12-,13-,14?,15?/m1/s1. The Hall–Kier alpha value is -2.93. The second-order valence-corrected chi connectivity index (χ2v) is 7.99. The molecule has 9 nitrogen and oxygen atoms in total. The number of carbonyl (C=O) groups excluding carboxylic acids is 1. The van der Waals surface area contributed by atoms with Crippen LogP contribution in [-0.4, -0.2) is 63.6 Å². The Kier molecular flexibility index (Phi) is 5.40. The van der Waals surface area contributed by atoms with Crippen molar-refractivity contribution in [2.45, 2.75) is 30.6 Å². The van der Waals surface area contributed by atoms with Crippen molar-refractivity contribution in [1.29, 1.82) is 0 Å². The first kappa shape index (κ1) is 21.9. The van der Waals surface area contributed by atoms with Crippen molar-refractivity contribution < 1.29 is 37.3 Å². The molecule has 5 rings (SSSR count). The maximum atomic E-state index is 12.7. The number of nitrogens with zero attached hydrogens (tertiary/aromatic N) is 2. The fourth-order valence-electron chi connectivity index (χ4n) is 3.72. The van der Waals surface area contributed by atoms with Crippen LogP contribution in [0.5, 0.6) is 6.01 Å². The number of hydrogen-bond donors (Lipinski definition) is 3. The lowest BCUT2D eigenvalue weighted by Gasteiger charge is -2.15. The van der Waals surface area contributed by atoms with Crippen LogP contribution < -0.4 is 10.1 Å². The second-order valence-electron chi connectivity index (χ2n) is 7.58. The summed E-state index contributed by atoms with van der Waals surface area (Å²) < 4.78 is 54.9. The molecule has 1 amide bonds. The summed E-state index contributed by atoms with van der Waals surface area (Å²) in [5.41, 5.74) is -0.232. The highest BCUT2D eigenvalue weighted by atomic mass is 35.5. The van der Waals surface area contributed by atoms with Crippen LogP contribution in [0, 0.1) is 0 Å². The van der Waals surface area contributed by atoms with Gasteiger partial charge in [0.1, 0.15) is 18.3 Å². The van der Waals surface area contributed by atoms with Gasteiger partial charge in [0.2, 0.25) is 0 Å². The molecule has 2 aliphatic rings. The van der Waals surface area contributed by atoms with Gasteiger partial charge in [0, 0.05) is 5.56 Å². The van der Waals surface area contributed by atoms with Crippen molar-refractivity contribution in [3.63, 3.8) is 0 Å². The van der Waals surface area contributed by atoms with Gasteiger partial charge >= 0.3 is 6.18 Å². The lowest BCUT2D eigenvalue weighted by molar-refractivity contribution is -0.137. The molecule has 3 N–H and O–H groups in total. The molecule has 2 aliphatic heterocycles. The number of aromatic nitrogens is 3. The number of alkyl halides is 3. The predicted molar refractivity (Wildman–Crippen MR) is 108 cm³/mol. The number of halogens is 4. The van der Waals surface area contributed by atoms with Crippen LogP contribution in [-0.2, 0) is 15.7 Å². The van der Waals surface area contributed by atoms with Crippen molar-refractivity contribution in [2.75, 3.05) is 18.5 Å². The zero-order valence-electron chi connectivity index (χ0n) is 16.6. The first-order valence-electron chi connectivity index (χ1n) is 9.82. The molecule has 4 atom stereocenters. The van der Waals surface area contributed by atoms with E-state index in [2.05, 4.69) is 20.3 Å². The molecule has 4 heterocycles. The summed E-state index contributed by atoms with van der Waals surface area (Å²) in [7, 11) is 0. The molecular formula is C20H16ClF3N4O5. The first-order chi connectivity index (χ1) is 15.7. The highest BCUT2D eigenvalue weighted by molar-refractivity contribution is 6.34. The van der Waals surface area contributed by atoms with Gasteiger partial charge in [0.25, 0.3) is 11.9 Å². The molecule has 0 spiro atoms. The zero-order chi connectivity index (χ0) is 23.3. The molecule has 0 aliphatic carbocycles. The van der Waals surface area contributed by atoms with Crippen molar-refractivity contribution in [3.05, 3.63) is 46.5 Å². The van der Waals surface area contributed by atoms with Crippen LogP contribution in [0.3, 0.4) is 0 Å². The highest BCUT2D eigenvalue weighted by Gasteiger charge is 2.48. The van der Waals surface area contributed by atoms with Gasteiger partial charge in [-0.25, -0.2) is 4.98 Å². The molecular weight excluding hydrogens is 469 g/mol. The SMILES string of the molecule is O=C(Nc1nc2nc(O[C@@H]3COC4C3OC[C@H]4O)[nH]c2cc1Cl)c1ccc(C(F)(F)F)cc1. The number of fused-ring (bicyclic) bond motifs is 2. The van der Waals surface area contributed by atoms with E-state index in [0.717, 1.165) is 24.3 Å². The lowest BCUT2D eigenvalue weighted by Crippen LogP contribution is -2.34. The number of imidazole rings is 1. The number of rotatable bonds is 4. The Labute approximate surface area is 188 Å². The topological polar surface area (TPSA) is 119 Å². The molecule has 0 saturated carbocycles. The number of benzene rings is 1. The molecule has 33 heavy (non-hydrogen) atoms. The van der Waals surface area contributed by atoms with Crippen LogP contribution in [0.1, 0.15) is 15.9 Å². The Morgan fingerprint density at radius 1 is 1.18 bits per heavy atom. The summed E-state index contributed by atoms with van der Waals surface area (Å²) in [6.45, 7) is 0.376. The number of carbonyl (C=O) groups is 1. The summed E-state index contributed by atoms with van der Waals surface area (Å²) >= 11 is 6.21. The molecule has 2 aromatic heterocycles. The van der Waals surface area contributed by atoms with Gasteiger partial charge in [0.15, 0.2) is 17.6 Å². The van der Waals surface area contributed by atoms with Gasteiger partial charge in [-0.3, -0.25) is 4.79 Å². The number of aliphatic hydroxyl groups excluding tert-OH is 1. The van der Waals surface area contributed by atoms with Gasteiger partial charge in [-0.1, -0.05) is 11.6 Å². The van der Waals surface area contributed by atoms with E-state index in [0.29, 0.717) is 5.52 Å². The zero-order valence-corrected chi connectivity index (χ0v) is 17.4. The van der Waals surface area contributed by atoms with Gasteiger partial charge in [-0.2, -0.15) is 18.2 Å². The van der Waals surface area contributed by atoms with Crippen molar-refractivity contribution in [3.8, 4) is 6.01 Å². The third-order valence-electron chi connectivity index (χ3n) is 5.36. The number of hydrogen-bond acceptors (Lipinski definition) is 7. The number of anilines is 1. The van der Waals surface area contributed by atoms with E-state index < -0.39 is 42.1 Å². The monoisotopic (exact) mass is 484 g/mol. The molecule has 1 aromatic carbocycles. The molecule has 174 valence electrons. The van der Waals surface area contributed by atoms with E-state index in [1.165, 1.54) is 6.07 Å². The first-order valence-corrected chi connectivity index (χ1v) is 10.2.